The summed E-state index contributed by atoms with van der Waals surface area (Å²) < 4.78 is 4.91. The predicted molar refractivity (Wildman–Crippen MR) is 435 cm³/mol. The number of nitrogens with zero attached hydrogens (tertiary/aromatic N) is 6. The van der Waals surface area contributed by atoms with Crippen LogP contribution in [-0.2, 0) is 0 Å². The smallest absolute Gasteiger partial charge is 0.160 e. The van der Waals surface area contributed by atoms with Gasteiger partial charge in [-0.2, -0.15) is 0 Å². The van der Waals surface area contributed by atoms with Crippen LogP contribution < -0.4 is 0 Å². The van der Waals surface area contributed by atoms with Crippen LogP contribution in [0.1, 0.15) is 0 Å². The minimum atomic E-state index is 0.660. The largest absolute Gasteiger partial charge is 0.309 e. The molecule has 0 aliphatic carbocycles. The van der Waals surface area contributed by atoms with E-state index in [0.717, 1.165) is 117 Å². The van der Waals surface area contributed by atoms with Gasteiger partial charge in [-0.25, -0.2) is 19.9 Å². The van der Waals surface area contributed by atoms with Gasteiger partial charge < -0.3 is 9.13 Å². The first-order chi connectivity index (χ1) is 51.5. The van der Waals surface area contributed by atoms with E-state index in [2.05, 4.69) is 373 Å². The number of fused-ring (bicyclic) bond motifs is 16. The maximum Gasteiger partial charge on any atom is 0.160 e. The molecule has 104 heavy (non-hydrogen) atoms. The Bertz CT molecular complexity index is 6880. The van der Waals surface area contributed by atoms with E-state index >= 15 is 0 Å². The number of hydrogen-bond donors (Lipinski definition) is 0. The molecule has 6 nitrogen and oxygen atoms in total. The third kappa shape index (κ3) is 9.79. The van der Waals surface area contributed by atoms with E-state index in [4.69, 9.17) is 19.9 Å². The Kier molecular flexibility index (Phi) is 13.5. The lowest BCUT2D eigenvalue weighted by Crippen LogP contribution is -1.98. The fraction of sp³-hybridized carbons (Fsp3) is 0. The Morgan fingerprint density at radius 2 is 0.548 bits per heavy atom. The van der Waals surface area contributed by atoms with E-state index in [1.54, 1.807) is 0 Å². The Morgan fingerprint density at radius 3 is 1.11 bits per heavy atom. The van der Waals surface area contributed by atoms with Gasteiger partial charge in [0.05, 0.1) is 44.8 Å². The van der Waals surface area contributed by atoms with Crippen molar-refractivity contribution in [2.24, 2.45) is 0 Å². The Labute approximate surface area is 599 Å². The molecule has 4 aromatic heterocycles. The van der Waals surface area contributed by atoms with Crippen LogP contribution in [0.2, 0.25) is 0 Å². The average Bonchev–Trinajstić information content (AvgIpc) is 1.57. The minimum Gasteiger partial charge on any atom is -0.309 e. The molecule has 0 radical (unpaired) electrons. The molecule has 0 aliphatic rings. The van der Waals surface area contributed by atoms with Crippen LogP contribution in [0.15, 0.2) is 364 Å². The third-order valence-electron chi connectivity index (χ3n) is 21.3. The van der Waals surface area contributed by atoms with Crippen molar-refractivity contribution in [3.63, 3.8) is 0 Å². The second kappa shape index (κ2) is 23.9. The first-order valence-electron chi connectivity index (χ1n) is 35.5. The molecule has 0 fully saturated rings. The molecule has 0 unspecified atom stereocenters. The zero-order valence-corrected chi connectivity index (χ0v) is 56.3. The number of aromatic nitrogens is 6. The van der Waals surface area contributed by atoms with Gasteiger partial charge in [0.25, 0.3) is 0 Å². The highest BCUT2D eigenvalue weighted by molar-refractivity contribution is 6.31. The highest BCUT2D eigenvalue weighted by Gasteiger charge is 2.24. The molecule has 0 atom stereocenters. The number of rotatable bonds is 10. The van der Waals surface area contributed by atoms with Gasteiger partial charge in [-0.15, -0.1) is 0 Å². The second-order valence-corrected chi connectivity index (χ2v) is 27.2. The lowest BCUT2D eigenvalue weighted by Gasteiger charge is -2.15. The van der Waals surface area contributed by atoms with Crippen LogP contribution in [0.25, 0.3) is 210 Å². The molecule has 0 spiro atoms. The van der Waals surface area contributed by atoms with Crippen LogP contribution in [0.5, 0.6) is 0 Å². The molecule has 21 rings (SSSR count). The first-order valence-corrected chi connectivity index (χ1v) is 35.5. The van der Waals surface area contributed by atoms with Gasteiger partial charge in [-0.3, -0.25) is 0 Å². The molecule has 0 saturated heterocycles. The van der Waals surface area contributed by atoms with Crippen molar-refractivity contribution in [2.45, 2.75) is 0 Å². The molecule has 482 valence electrons. The van der Waals surface area contributed by atoms with Gasteiger partial charge >= 0.3 is 0 Å². The van der Waals surface area contributed by atoms with Gasteiger partial charge in [-0.1, -0.05) is 291 Å². The molecule has 17 aromatic carbocycles. The van der Waals surface area contributed by atoms with Crippen molar-refractivity contribution >= 4 is 108 Å². The molecule has 4 heterocycles. The summed E-state index contributed by atoms with van der Waals surface area (Å²) in [5.41, 5.74) is 20.6. The summed E-state index contributed by atoms with van der Waals surface area (Å²) in [5.74, 6) is 1.34. The summed E-state index contributed by atoms with van der Waals surface area (Å²) in [5, 5.41) is 19.4. The van der Waals surface area contributed by atoms with Crippen LogP contribution in [0, 0.1) is 0 Å². The predicted octanol–water partition coefficient (Wildman–Crippen LogP) is 25.7. The first kappa shape index (κ1) is 59.0. The van der Waals surface area contributed by atoms with E-state index in [9.17, 15) is 0 Å². The maximum absolute atomic E-state index is 5.42. The van der Waals surface area contributed by atoms with Crippen LogP contribution in [0.3, 0.4) is 0 Å². The van der Waals surface area contributed by atoms with E-state index in [0.29, 0.717) is 11.6 Å². The van der Waals surface area contributed by atoms with E-state index in [1.807, 2.05) is 0 Å². The summed E-state index contributed by atoms with van der Waals surface area (Å²) >= 11 is 0. The standard InChI is InChI=1S/C98H60N6/c1-2-22-69(23-3-1)85-59-87(75-27-16-28-79(57-75)103-89-52-47-65-19-8-12-29-80(65)92(89)93-81-30-13-9-20-66(81)48-53-90(93)103)101-97(99-85)71-41-35-64(36-42-71)63-33-39-68(40-34-63)84-58-74-26-11-15-32-83(74)95-94-82-31-14-10-21-67(82)49-54-91(94)104(96(84)95)78-50-45-70(46-51-78)86-60-88(76-43-37-61-17-4-6-24-72(61)55-76)102-98(100-86)77-44-38-62-18-5-7-25-73(62)56-77/h1-60H. The number of benzene rings is 17. The van der Waals surface area contributed by atoms with Gasteiger partial charge in [0.1, 0.15) is 0 Å². The topological polar surface area (TPSA) is 61.4 Å². The van der Waals surface area contributed by atoms with Gasteiger partial charge in [0.15, 0.2) is 11.6 Å². The summed E-state index contributed by atoms with van der Waals surface area (Å²) in [4.78, 5) is 21.4. The van der Waals surface area contributed by atoms with Gasteiger partial charge in [0.2, 0.25) is 0 Å². The molecular formula is C98H60N6. The Balaban J connectivity index is 0.657. The minimum absolute atomic E-state index is 0.660. The molecular weight excluding hydrogens is 1260 g/mol. The maximum atomic E-state index is 5.42. The highest BCUT2D eigenvalue weighted by atomic mass is 15.0. The van der Waals surface area contributed by atoms with Crippen molar-refractivity contribution in [1.29, 1.82) is 0 Å². The normalized spacial score (nSPS) is 11.8. The van der Waals surface area contributed by atoms with Gasteiger partial charge in [0, 0.05) is 71.9 Å². The number of hydrogen-bond acceptors (Lipinski definition) is 4. The van der Waals surface area contributed by atoms with E-state index < -0.39 is 0 Å². The fourth-order valence-electron chi connectivity index (χ4n) is 16.2. The van der Waals surface area contributed by atoms with Crippen molar-refractivity contribution < 1.29 is 0 Å². The molecule has 21 aromatic rings. The molecule has 0 amide bonds. The monoisotopic (exact) mass is 1320 g/mol. The Hall–Kier alpha value is -13.9. The molecule has 6 heteroatoms. The fourth-order valence-corrected chi connectivity index (χ4v) is 16.2. The Morgan fingerprint density at radius 1 is 0.183 bits per heavy atom. The quantitative estimate of drug-likeness (QED) is 0.137. The highest BCUT2D eigenvalue weighted by Crippen LogP contribution is 2.47. The lowest BCUT2D eigenvalue weighted by atomic mass is 9.93. The van der Waals surface area contributed by atoms with Crippen LogP contribution >= 0.6 is 0 Å². The van der Waals surface area contributed by atoms with Crippen molar-refractivity contribution in [3.05, 3.63) is 364 Å². The lowest BCUT2D eigenvalue weighted by molar-refractivity contribution is 1.16. The average molecular weight is 1320 g/mol. The van der Waals surface area contributed by atoms with Crippen LogP contribution in [-0.4, -0.2) is 29.1 Å². The molecule has 0 saturated carbocycles. The summed E-state index contributed by atoms with van der Waals surface area (Å²) in [6.07, 6.45) is 0. The summed E-state index contributed by atoms with van der Waals surface area (Å²) in [7, 11) is 0. The van der Waals surface area contributed by atoms with E-state index in [-0.39, 0.29) is 0 Å². The zero-order valence-electron chi connectivity index (χ0n) is 56.3. The second-order valence-electron chi connectivity index (χ2n) is 27.2. The SMILES string of the molecule is c1ccc(-c2cc(-c3cccc(-n4c5ccc6ccccc6c5c5c6ccccc6ccc54)c3)nc(-c3ccc(-c4ccc(-c5cc6ccccc6c6c7c8ccccc8ccc7n(-c7ccc(-c8cc(-c9ccc%10ccccc%10c9)nc(-c9ccc%10ccccc%10c9)n8)cc7)c56)cc4)cc3)n2)cc1. The molecule has 0 N–H and O–H groups in total. The zero-order chi connectivity index (χ0) is 68.3. The van der Waals surface area contributed by atoms with Crippen molar-refractivity contribution in [1.82, 2.24) is 29.1 Å². The summed E-state index contributed by atoms with van der Waals surface area (Å²) in [6, 6.07) is 132. The molecule has 0 aliphatic heterocycles. The third-order valence-corrected chi connectivity index (χ3v) is 21.3. The van der Waals surface area contributed by atoms with E-state index in [1.165, 1.54) is 80.8 Å². The van der Waals surface area contributed by atoms with Gasteiger partial charge in [-0.05, 0) is 154 Å². The molecule has 0 bridgehead atoms. The van der Waals surface area contributed by atoms with Crippen molar-refractivity contribution in [2.75, 3.05) is 0 Å². The summed E-state index contributed by atoms with van der Waals surface area (Å²) in [6.45, 7) is 0. The van der Waals surface area contributed by atoms with Crippen molar-refractivity contribution in [3.8, 4) is 101 Å². The van der Waals surface area contributed by atoms with Crippen LogP contribution in [0.4, 0.5) is 0 Å².